The highest BCUT2D eigenvalue weighted by atomic mass is 35.5. The lowest BCUT2D eigenvalue weighted by atomic mass is 9.53. The van der Waals surface area contributed by atoms with Crippen LogP contribution in [0.3, 0.4) is 0 Å². The first-order valence-corrected chi connectivity index (χ1v) is 9.03. The van der Waals surface area contributed by atoms with Gasteiger partial charge in [0.25, 0.3) is 0 Å². The van der Waals surface area contributed by atoms with E-state index in [0.717, 1.165) is 38.5 Å². The number of hydrogen-bond acceptors (Lipinski definition) is 2. The van der Waals surface area contributed by atoms with Crippen LogP contribution >= 0.6 is 11.6 Å². The first kappa shape index (κ1) is 15.4. The predicted octanol–water partition coefficient (Wildman–Crippen LogP) is 4.18. The largest absolute Gasteiger partial charge is 0.508 e. The number of benzene rings is 1. The van der Waals surface area contributed by atoms with E-state index in [1.807, 2.05) is 12.1 Å². The summed E-state index contributed by atoms with van der Waals surface area (Å²) in [4.78, 5) is 0. The molecule has 0 bridgehead atoms. The number of aliphatic hydroxyl groups is 1. The molecule has 1 aromatic carbocycles. The molecule has 0 aliphatic heterocycles. The summed E-state index contributed by atoms with van der Waals surface area (Å²) < 4.78 is 0. The molecule has 0 spiro atoms. The summed E-state index contributed by atoms with van der Waals surface area (Å²) in [6, 6.07) is 5.87. The molecule has 4 rings (SSSR count). The van der Waals surface area contributed by atoms with Crippen LogP contribution in [-0.4, -0.2) is 15.8 Å². The average molecular weight is 331 g/mol. The van der Waals surface area contributed by atoms with Gasteiger partial charge in [-0.05, 0) is 91.1 Å². The Kier molecular flexibility index (Phi) is 3.45. The molecule has 3 heteroatoms. The highest BCUT2D eigenvalue weighted by Gasteiger charge is 2.61. The Morgan fingerprint density at radius 1 is 1.22 bits per heavy atom. The molecule has 0 aromatic heterocycles. The molecule has 0 saturated heterocycles. The van der Waals surface area contributed by atoms with Crippen molar-refractivity contribution < 1.29 is 10.2 Å². The lowest BCUT2D eigenvalue weighted by Crippen LogP contribution is -2.50. The Morgan fingerprint density at radius 2 is 2.04 bits per heavy atom. The van der Waals surface area contributed by atoms with E-state index < -0.39 is 5.60 Å². The van der Waals surface area contributed by atoms with E-state index in [0.29, 0.717) is 23.5 Å². The second kappa shape index (κ2) is 5.16. The normalized spacial score (nSPS) is 41.3. The molecule has 2 fully saturated rings. The SMILES string of the molecule is C[C@]12CC[C@@H]3c4ccc(O)cc4CC[C@H]3[C@@H]1CC[C@@]2(O)C#CCl. The third-order valence-electron chi connectivity index (χ3n) is 7.12. The third kappa shape index (κ3) is 2.06. The lowest BCUT2D eigenvalue weighted by Gasteiger charge is -2.52. The van der Waals surface area contributed by atoms with Gasteiger partial charge in [0.15, 0.2) is 0 Å². The van der Waals surface area contributed by atoms with E-state index in [2.05, 4.69) is 24.3 Å². The molecule has 2 N–H and O–H groups in total. The van der Waals surface area contributed by atoms with E-state index in [1.165, 1.54) is 11.1 Å². The van der Waals surface area contributed by atoms with Crippen molar-refractivity contribution in [2.45, 2.75) is 57.0 Å². The maximum absolute atomic E-state index is 11.1. The number of aryl methyl sites for hydroxylation is 1. The van der Waals surface area contributed by atoms with Gasteiger partial charge >= 0.3 is 0 Å². The zero-order valence-electron chi connectivity index (χ0n) is 13.5. The summed E-state index contributed by atoms with van der Waals surface area (Å²) in [5, 5.41) is 23.3. The van der Waals surface area contributed by atoms with Gasteiger partial charge in [0.2, 0.25) is 0 Å². The summed E-state index contributed by atoms with van der Waals surface area (Å²) in [6.45, 7) is 2.22. The Bertz CT molecular complexity index is 703. The van der Waals surface area contributed by atoms with Crippen LogP contribution in [0.2, 0.25) is 0 Å². The van der Waals surface area contributed by atoms with Crippen LogP contribution in [0.25, 0.3) is 0 Å². The standard InChI is InChI=1S/C20H23ClO2/c1-19-8-6-16-15-5-3-14(22)12-13(15)2-4-17(16)18(19)7-9-20(19,23)10-11-21/h3,5,12,16-18,22-23H,2,4,6-9H2,1H3/t16-,17-,18+,19+,20-/m1/s1. The van der Waals surface area contributed by atoms with E-state index in [9.17, 15) is 10.2 Å². The van der Waals surface area contributed by atoms with Crippen molar-refractivity contribution in [2.75, 3.05) is 0 Å². The summed E-state index contributed by atoms with van der Waals surface area (Å²) in [7, 11) is 0. The quantitative estimate of drug-likeness (QED) is 0.701. The van der Waals surface area contributed by atoms with Gasteiger partial charge in [0.05, 0.1) is 0 Å². The molecule has 0 radical (unpaired) electrons. The number of halogens is 1. The van der Waals surface area contributed by atoms with Crippen LogP contribution in [0, 0.1) is 28.6 Å². The zero-order valence-corrected chi connectivity index (χ0v) is 14.2. The molecule has 0 amide bonds. The maximum Gasteiger partial charge on any atom is 0.132 e. The van der Waals surface area contributed by atoms with Gasteiger partial charge in [-0.15, -0.1) is 0 Å². The zero-order chi connectivity index (χ0) is 16.2. The minimum absolute atomic E-state index is 0.148. The van der Waals surface area contributed by atoms with Crippen LogP contribution in [0.5, 0.6) is 5.75 Å². The Hall–Kier alpha value is -1.17. The average Bonchev–Trinajstić information content (AvgIpc) is 2.79. The summed E-state index contributed by atoms with van der Waals surface area (Å²) in [5.41, 5.74) is 1.65. The number of rotatable bonds is 0. The third-order valence-corrected chi connectivity index (χ3v) is 7.21. The maximum atomic E-state index is 11.1. The summed E-state index contributed by atoms with van der Waals surface area (Å²) in [6.07, 6.45) is 6.01. The van der Waals surface area contributed by atoms with Gasteiger partial charge in [0, 0.05) is 10.8 Å². The van der Waals surface area contributed by atoms with Crippen molar-refractivity contribution in [1.29, 1.82) is 0 Å². The highest BCUT2D eigenvalue weighted by Crippen LogP contribution is 2.64. The lowest BCUT2D eigenvalue weighted by molar-refractivity contribution is -0.0647. The van der Waals surface area contributed by atoms with Crippen molar-refractivity contribution >= 4 is 11.6 Å². The summed E-state index contributed by atoms with van der Waals surface area (Å²) in [5.74, 6) is 4.96. The number of phenolic OH excluding ortho intramolecular Hbond substituents is 1. The molecule has 122 valence electrons. The minimum atomic E-state index is -0.931. The molecular weight excluding hydrogens is 308 g/mol. The number of hydrogen-bond donors (Lipinski definition) is 2. The highest BCUT2D eigenvalue weighted by molar-refractivity contribution is 6.30. The Morgan fingerprint density at radius 3 is 2.83 bits per heavy atom. The van der Waals surface area contributed by atoms with Crippen LogP contribution < -0.4 is 0 Å². The fraction of sp³-hybridized carbons (Fsp3) is 0.600. The van der Waals surface area contributed by atoms with E-state index >= 15 is 0 Å². The van der Waals surface area contributed by atoms with E-state index in [4.69, 9.17) is 11.6 Å². The van der Waals surface area contributed by atoms with Crippen molar-refractivity contribution in [2.24, 2.45) is 17.3 Å². The molecule has 3 aliphatic carbocycles. The van der Waals surface area contributed by atoms with Gasteiger partial charge in [-0.2, -0.15) is 0 Å². The molecule has 2 nitrogen and oxygen atoms in total. The number of phenols is 1. The Balaban J connectivity index is 1.71. The Labute approximate surface area is 142 Å². The van der Waals surface area contributed by atoms with Crippen LogP contribution in [0.4, 0.5) is 0 Å². The number of fused-ring (bicyclic) bond motifs is 5. The topological polar surface area (TPSA) is 40.5 Å². The molecule has 23 heavy (non-hydrogen) atoms. The van der Waals surface area contributed by atoms with Gasteiger partial charge in [-0.1, -0.05) is 18.9 Å². The van der Waals surface area contributed by atoms with Gasteiger partial charge in [0.1, 0.15) is 11.4 Å². The van der Waals surface area contributed by atoms with Crippen molar-refractivity contribution in [1.82, 2.24) is 0 Å². The predicted molar refractivity (Wildman–Crippen MR) is 91.3 cm³/mol. The van der Waals surface area contributed by atoms with E-state index in [1.54, 1.807) is 0 Å². The van der Waals surface area contributed by atoms with Crippen molar-refractivity contribution in [3.05, 3.63) is 29.3 Å². The molecule has 2 saturated carbocycles. The molecule has 3 aliphatic rings. The first-order chi connectivity index (χ1) is 11.0. The second-order valence-corrected chi connectivity index (χ2v) is 8.06. The molecule has 1 aromatic rings. The van der Waals surface area contributed by atoms with Crippen LogP contribution in [0.15, 0.2) is 18.2 Å². The fourth-order valence-corrected chi connectivity index (χ4v) is 6.02. The van der Waals surface area contributed by atoms with Crippen molar-refractivity contribution in [3.63, 3.8) is 0 Å². The van der Waals surface area contributed by atoms with Gasteiger partial charge < -0.3 is 10.2 Å². The number of aromatic hydroxyl groups is 1. The van der Waals surface area contributed by atoms with Gasteiger partial charge in [-0.25, -0.2) is 0 Å². The summed E-state index contributed by atoms with van der Waals surface area (Å²) >= 11 is 5.64. The molecule has 5 atom stereocenters. The van der Waals surface area contributed by atoms with Gasteiger partial charge in [-0.3, -0.25) is 0 Å². The van der Waals surface area contributed by atoms with Crippen LogP contribution in [-0.2, 0) is 6.42 Å². The van der Waals surface area contributed by atoms with Crippen molar-refractivity contribution in [3.8, 4) is 17.0 Å². The van der Waals surface area contributed by atoms with E-state index in [-0.39, 0.29) is 5.41 Å². The second-order valence-electron chi connectivity index (χ2n) is 7.87. The molecule has 0 unspecified atom stereocenters. The monoisotopic (exact) mass is 330 g/mol. The molecule has 0 heterocycles. The fourth-order valence-electron chi connectivity index (χ4n) is 5.87. The first-order valence-electron chi connectivity index (χ1n) is 8.65. The minimum Gasteiger partial charge on any atom is -0.508 e. The molecular formula is C20H23ClO2. The van der Waals surface area contributed by atoms with Crippen LogP contribution in [0.1, 0.15) is 56.1 Å². The smallest absolute Gasteiger partial charge is 0.132 e.